The first-order valence-electron chi connectivity index (χ1n) is 17.5. The Balaban J connectivity index is -0.0000000701. The maximum absolute atomic E-state index is 10.1. The largest absolute Gasteiger partial charge is 4.00 e. The third-order valence-corrected chi connectivity index (χ3v) is 5.93. The standard InChI is InChI=1S/4C7H6O2.2C5H11NO2.2CH3O.2Dy.2NO3.2Ru/c4*8-7(9)6-4-2-1-3-5-6;2*1-6(2-4-7)3-5-8;2*1-2;;;2*2-1(3)4;;/h4*1-5H,(H,8,9);2*2-5H2,1H3;2*1H3;;;;;;/q;;;;2*-2;2*-1;2*+3;2*-1;2*+4/p-4. The van der Waals surface area contributed by atoms with Crippen molar-refractivity contribution in [2.75, 3.05) is 80.9 Å². The molecule has 0 aliphatic heterocycles. The number of carbonyl (C=O) groups is 4. The van der Waals surface area contributed by atoms with Gasteiger partial charge in [-0.1, -0.05) is 121 Å². The summed E-state index contributed by atoms with van der Waals surface area (Å²) in [5.41, 5.74) is 0.880. The molecule has 4 aromatic rings. The molecule has 0 spiro atoms. The number of hydrogen-bond acceptors (Lipinski definition) is 22. The molecule has 0 bridgehead atoms. The third kappa shape index (κ3) is 74.2. The fraction of sp³-hybridized carbons (Fsp3) is 0.300. The molecule has 0 aromatic heterocycles. The second-order valence-corrected chi connectivity index (χ2v) is 10.5. The van der Waals surface area contributed by atoms with Crippen LogP contribution in [0.15, 0.2) is 121 Å². The van der Waals surface area contributed by atoms with E-state index in [1.807, 2.05) is 0 Å². The number of nitrogens with zero attached hydrogens (tertiary/aromatic N) is 4. The van der Waals surface area contributed by atoms with Gasteiger partial charge >= 0.3 is 115 Å². The zero-order valence-electron chi connectivity index (χ0n) is 36.5. The van der Waals surface area contributed by atoms with Crippen LogP contribution in [0.5, 0.6) is 0 Å². The molecule has 28 heteroatoms. The van der Waals surface area contributed by atoms with Gasteiger partial charge in [-0.05, 0) is 62.5 Å². The number of rotatable bonds is 12. The van der Waals surface area contributed by atoms with E-state index in [9.17, 15) is 60.0 Å². The Morgan fingerprint density at radius 2 is 0.500 bits per heavy atom. The second kappa shape index (κ2) is 67.9. The molecule has 4 aromatic carbocycles. The van der Waals surface area contributed by atoms with Gasteiger partial charge in [-0.3, -0.25) is 0 Å². The zero-order valence-corrected chi connectivity index (χ0v) is 44.0. The Morgan fingerprint density at radius 3 is 0.574 bits per heavy atom. The van der Waals surface area contributed by atoms with Crippen molar-refractivity contribution in [3.8, 4) is 0 Å². The van der Waals surface area contributed by atoms with Crippen LogP contribution in [0.2, 0.25) is 0 Å². The predicted molar refractivity (Wildman–Crippen MR) is 210 cm³/mol. The number of benzene rings is 4. The average molecular weight is 1430 g/mol. The molecule has 0 aliphatic carbocycles. The van der Waals surface area contributed by atoms with Crippen molar-refractivity contribution in [1.29, 1.82) is 0 Å². The quantitative estimate of drug-likeness (QED) is 0.0722. The molecule has 4 rings (SSSR count). The number of likely N-dealkylation sites (N-methyl/N-ethyl adjacent to an activating group) is 2. The summed E-state index contributed by atoms with van der Waals surface area (Å²) < 4.78 is 0. The van der Waals surface area contributed by atoms with E-state index >= 15 is 0 Å². The van der Waals surface area contributed by atoms with Crippen LogP contribution in [-0.2, 0) is 39.0 Å². The van der Waals surface area contributed by atoms with Crippen molar-refractivity contribution >= 4 is 23.9 Å². The predicted octanol–water partition coefficient (Wildman–Crippen LogP) is -7.05. The maximum Gasteiger partial charge on any atom is 4.00 e. The van der Waals surface area contributed by atoms with E-state index in [1.165, 1.54) is 48.5 Å². The normalized spacial score (nSPS) is 8.06. The van der Waals surface area contributed by atoms with Gasteiger partial charge in [0.25, 0.3) is 0 Å². The molecule has 0 saturated carbocycles. The Morgan fingerprint density at radius 1 is 0.382 bits per heavy atom. The Hall–Kier alpha value is -3.37. The zero-order chi connectivity index (χ0) is 50.7. The Kier molecular flexibility index (Phi) is 87.6. The van der Waals surface area contributed by atoms with Crippen LogP contribution in [-0.4, -0.2) is 125 Å². The maximum atomic E-state index is 10.1. The van der Waals surface area contributed by atoms with E-state index in [-0.39, 0.29) is 164 Å². The Labute approximate surface area is 479 Å². The molecule has 0 amide bonds. The van der Waals surface area contributed by atoms with Crippen molar-refractivity contribution in [2.45, 2.75) is 0 Å². The van der Waals surface area contributed by atoms with E-state index in [4.69, 9.17) is 40.9 Å². The molecule has 0 aliphatic rings. The monoisotopic (exact) mass is 1440 g/mol. The molecule has 0 unspecified atom stereocenters. The molecule has 24 nitrogen and oxygen atoms in total. The molecule has 382 valence electrons. The molecule has 0 heterocycles. The molecule has 0 N–H and O–H groups in total. The fourth-order valence-corrected chi connectivity index (χ4v) is 3.14. The van der Waals surface area contributed by atoms with Crippen molar-refractivity contribution in [3.63, 3.8) is 0 Å². The van der Waals surface area contributed by atoms with E-state index in [1.54, 1.807) is 96.7 Å². The van der Waals surface area contributed by atoms with E-state index in [0.29, 0.717) is 26.2 Å². The number of aromatic carboxylic acids is 4. The van der Waals surface area contributed by atoms with Gasteiger partial charge in [0.2, 0.25) is 0 Å². The van der Waals surface area contributed by atoms with Gasteiger partial charge in [0.15, 0.2) is 0 Å². The van der Waals surface area contributed by atoms with E-state index in [2.05, 4.69) is 0 Å². The first-order chi connectivity index (χ1) is 30.3. The summed E-state index contributed by atoms with van der Waals surface area (Å²) >= 11 is 0. The first-order valence-corrected chi connectivity index (χ1v) is 17.5. The summed E-state index contributed by atoms with van der Waals surface area (Å²) in [6, 6.07) is 32.3. The van der Waals surface area contributed by atoms with Gasteiger partial charge in [-0.25, -0.2) is 0 Å². The minimum atomic E-state index is -1.75. The van der Waals surface area contributed by atoms with Crippen LogP contribution in [0.3, 0.4) is 0 Å². The molecule has 0 fully saturated rings. The summed E-state index contributed by atoms with van der Waals surface area (Å²) in [7, 11) is 5.05. The summed E-state index contributed by atoms with van der Waals surface area (Å²) in [6.45, 7) is 1.49. The molecular formula is C40H48Dy2N4O20Ru2+2. The Bertz CT molecular complexity index is 1460. The molecule has 0 atom stereocenters. The fourth-order valence-electron chi connectivity index (χ4n) is 3.14. The van der Waals surface area contributed by atoms with Crippen molar-refractivity contribution < 1.29 is 196 Å². The summed E-state index contributed by atoms with van der Waals surface area (Å²) in [6.07, 6.45) is 0. The first kappa shape index (κ1) is 87.7. The summed E-state index contributed by atoms with van der Waals surface area (Å²) in [5, 5.41) is 126. The number of carboxylic acids is 4. The van der Waals surface area contributed by atoms with Crippen molar-refractivity contribution in [2.24, 2.45) is 0 Å². The van der Waals surface area contributed by atoms with Crippen LogP contribution in [0.1, 0.15) is 41.4 Å². The van der Waals surface area contributed by atoms with Gasteiger partial charge in [-0.2, -0.15) is 14.2 Å². The second-order valence-electron chi connectivity index (χ2n) is 10.5. The van der Waals surface area contributed by atoms with Crippen LogP contribution in [0.4, 0.5) is 0 Å². The SMILES string of the molecule is CN(CC[O-])CC[O-].CN(CC[O-])CC[O-].C[O-].C[O-].O=C([O-])c1ccccc1.O=C([O-])c1ccccc1.O=C([O-])c1ccccc1.O=C([O-])c1ccccc1.O=[N+]([O-])[O-].O=[N+]([O-])[O-].[Dy+3].[Dy+3].[Ru+4].[Ru+4]. The van der Waals surface area contributed by atoms with Crippen LogP contribution in [0, 0.1) is 107 Å². The molecule has 68 heavy (non-hydrogen) atoms. The average Bonchev–Trinajstić information content (AvgIpc) is 3.27. The van der Waals surface area contributed by atoms with Gasteiger partial charge in [-0.15, -0.1) is 26.4 Å². The number of hydrogen-bond donors (Lipinski definition) is 0. The molecular weight excluding hydrogens is 1380 g/mol. The number of carboxylic acid groups (broad SMARTS) is 4. The molecule has 2 radical (unpaired) electrons. The van der Waals surface area contributed by atoms with Gasteiger partial charge in [0, 0.05) is 0 Å². The molecule has 0 saturated heterocycles. The summed E-state index contributed by atoms with van der Waals surface area (Å²) in [5.74, 6) is -4.52. The topological polar surface area (TPSA) is 438 Å². The van der Waals surface area contributed by atoms with Crippen LogP contribution in [0.25, 0.3) is 0 Å². The van der Waals surface area contributed by atoms with Gasteiger partial charge < -0.3 is 111 Å². The van der Waals surface area contributed by atoms with E-state index in [0.717, 1.165) is 14.2 Å². The minimum Gasteiger partial charge on any atom is -0.857 e. The summed E-state index contributed by atoms with van der Waals surface area (Å²) in [4.78, 5) is 60.3. The van der Waals surface area contributed by atoms with Crippen molar-refractivity contribution in [3.05, 3.63) is 174 Å². The van der Waals surface area contributed by atoms with Crippen LogP contribution < -0.4 is 51.1 Å². The minimum absolute atomic E-state index is 0. The van der Waals surface area contributed by atoms with Gasteiger partial charge in [0.05, 0.1) is 34.1 Å². The van der Waals surface area contributed by atoms with E-state index < -0.39 is 34.1 Å². The number of carbonyl (C=O) groups excluding carboxylic acids is 4. The van der Waals surface area contributed by atoms with Crippen LogP contribution >= 0.6 is 0 Å². The third-order valence-electron chi connectivity index (χ3n) is 5.93. The smallest absolute Gasteiger partial charge is 0.857 e. The van der Waals surface area contributed by atoms with Crippen molar-refractivity contribution in [1.82, 2.24) is 9.80 Å². The van der Waals surface area contributed by atoms with Gasteiger partial charge in [0.1, 0.15) is 0 Å².